The minimum absolute atomic E-state index is 0.0767. The summed E-state index contributed by atoms with van der Waals surface area (Å²) in [5, 5.41) is 10.4. The minimum atomic E-state index is -3.74. The topological polar surface area (TPSA) is 105 Å². The molecule has 4 rings (SSSR count). The van der Waals surface area contributed by atoms with E-state index in [1.165, 1.54) is 15.9 Å². The predicted octanol–water partition coefficient (Wildman–Crippen LogP) is 3.39. The summed E-state index contributed by atoms with van der Waals surface area (Å²) in [4.78, 5) is 12.7. The molecule has 3 aromatic rings. The second-order valence-electron chi connectivity index (χ2n) is 7.83. The maximum Gasteiger partial charge on any atom is 0.245 e. The third kappa shape index (κ3) is 3.95. The number of carbonyl (C=O) groups excluding carboxylic acids is 1. The molecule has 1 N–H and O–H groups in total. The summed E-state index contributed by atoms with van der Waals surface area (Å²) in [5.74, 6) is 0.123. The van der Waals surface area contributed by atoms with E-state index in [2.05, 4.69) is 34.1 Å². The summed E-state index contributed by atoms with van der Waals surface area (Å²) in [6.07, 6.45) is 0.921. The van der Waals surface area contributed by atoms with Crippen LogP contribution in [0.3, 0.4) is 0 Å². The van der Waals surface area contributed by atoms with Crippen LogP contribution in [-0.2, 0) is 14.8 Å². The van der Waals surface area contributed by atoms with Gasteiger partial charge in [0.15, 0.2) is 5.52 Å². The maximum atomic E-state index is 13.1. The van der Waals surface area contributed by atoms with Gasteiger partial charge in [-0.05, 0) is 58.9 Å². The first-order valence-corrected chi connectivity index (χ1v) is 11.4. The second-order valence-corrected chi connectivity index (χ2v) is 9.74. The van der Waals surface area contributed by atoms with Crippen molar-refractivity contribution in [1.82, 2.24) is 14.6 Å². The van der Waals surface area contributed by atoms with E-state index in [0.717, 1.165) is 5.69 Å². The zero-order chi connectivity index (χ0) is 21.3. The van der Waals surface area contributed by atoms with E-state index < -0.39 is 10.0 Å². The third-order valence-corrected chi connectivity index (χ3v) is 7.47. The van der Waals surface area contributed by atoms with Crippen LogP contribution in [0.5, 0.6) is 0 Å². The Balaban J connectivity index is 1.40. The number of fused-ring (bicyclic) bond motifs is 1. The molecule has 0 radical (unpaired) electrons. The first-order chi connectivity index (χ1) is 14.4. The van der Waals surface area contributed by atoms with E-state index in [-0.39, 0.29) is 35.3 Å². The quantitative estimate of drug-likeness (QED) is 0.668. The van der Waals surface area contributed by atoms with Crippen LogP contribution in [-0.4, -0.2) is 42.0 Å². The molecule has 2 heterocycles. The van der Waals surface area contributed by atoms with Crippen molar-refractivity contribution in [2.24, 2.45) is 5.92 Å². The number of anilines is 1. The molecule has 158 valence electrons. The van der Waals surface area contributed by atoms with Gasteiger partial charge >= 0.3 is 0 Å². The van der Waals surface area contributed by atoms with E-state index in [4.69, 9.17) is 0 Å². The molecule has 0 spiro atoms. The zero-order valence-electron chi connectivity index (χ0n) is 16.9. The minimum Gasteiger partial charge on any atom is -0.326 e. The van der Waals surface area contributed by atoms with Crippen LogP contribution in [0.1, 0.15) is 38.2 Å². The van der Waals surface area contributed by atoms with Crippen LogP contribution in [0.25, 0.3) is 11.0 Å². The van der Waals surface area contributed by atoms with Crippen LogP contribution in [0.4, 0.5) is 5.69 Å². The molecule has 8 nitrogen and oxygen atoms in total. The largest absolute Gasteiger partial charge is 0.326 e. The number of nitrogens with zero attached hydrogens (tertiary/aromatic N) is 3. The average molecular weight is 429 g/mol. The molecule has 9 heteroatoms. The Kier molecular flexibility index (Phi) is 5.57. The van der Waals surface area contributed by atoms with E-state index in [1.54, 1.807) is 12.1 Å². The Morgan fingerprint density at radius 2 is 1.80 bits per heavy atom. The lowest BCUT2D eigenvalue weighted by atomic mass is 9.97. The first-order valence-electron chi connectivity index (χ1n) is 9.98. The van der Waals surface area contributed by atoms with Crippen molar-refractivity contribution in [3.8, 4) is 0 Å². The lowest BCUT2D eigenvalue weighted by molar-refractivity contribution is -0.120. The summed E-state index contributed by atoms with van der Waals surface area (Å²) in [6, 6.07) is 12.6. The predicted molar refractivity (Wildman–Crippen MR) is 112 cm³/mol. The van der Waals surface area contributed by atoms with E-state index >= 15 is 0 Å². The van der Waals surface area contributed by atoms with Crippen molar-refractivity contribution < 1.29 is 17.8 Å². The molecular weight excluding hydrogens is 404 g/mol. The lowest BCUT2D eigenvalue weighted by Crippen LogP contribution is -2.41. The summed E-state index contributed by atoms with van der Waals surface area (Å²) in [6.45, 7) is 4.78. The van der Waals surface area contributed by atoms with Crippen molar-refractivity contribution in [2.45, 2.75) is 37.5 Å². The molecule has 1 saturated heterocycles. The van der Waals surface area contributed by atoms with Gasteiger partial charge in [0.25, 0.3) is 0 Å². The number of benzene rings is 2. The monoisotopic (exact) mass is 428 g/mol. The highest BCUT2D eigenvalue weighted by atomic mass is 32.2. The standard InChI is InChI=1S/C21H24N4O4S/c1-14(2)15-6-8-17(9-7-15)22-21(26)16-10-12-25(13-11-16)30(27,28)19-5-3-4-18-20(19)24-29-23-18/h3-9,14,16H,10-13H2,1-2H3,(H,22,26). The highest BCUT2D eigenvalue weighted by Gasteiger charge is 2.33. The maximum absolute atomic E-state index is 13.1. The molecule has 0 atom stereocenters. The highest BCUT2D eigenvalue weighted by molar-refractivity contribution is 7.89. The molecule has 1 aliphatic heterocycles. The number of nitrogens with one attached hydrogen (secondary N) is 1. The van der Waals surface area contributed by atoms with Gasteiger partial charge in [-0.2, -0.15) is 4.31 Å². The molecule has 2 aromatic carbocycles. The molecule has 1 aliphatic rings. The van der Waals surface area contributed by atoms with Gasteiger partial charge in [-0.1, -0.05) is 32.0 Å². The van der Waals surface area contributed by atoms with Gasteiger partial charge in [0.2, 0.25) is 15.9 Å². The molecule has 0 saturated carbocycles. The van der Waals surface area contributed by atoms with Crippen molar-refractivity contribution in [3.05, 3.63) is 48.0 Å². The van der Waals surface area contributed by atoms with E-state index in [1.807, 2.05) is 24.3 Å². The van der Waals surface area contributed by atoms with Crippen LogP contribution in [0, 0.1) is 5.92 Å². The van der Waals surface area contributed by atoms with Crippen LogP contribution in [0.2, 0.25) is 0 Å². The summed E-state index contributed by atoms with van der Waals surface area (Å²) < 4.78 is 32.2. The Morgan fingerprint density at radius 3 is 2.47 bits per heavy atom. The van der Waals surface area contributed by atoms with Gasteiger partial charge in [-0.3, -0.25) is 4.79 Å². The van der Waals surface area contributed by atoms with Gasteiger partial charge in [0, 0.05) is 24.7 Å². The molecular formula is C21H24N4O4S. The number of carbonyl (C=O) groups is 1. The average Bonchev–Trinajstić information content (AvgIpc) is 3.23. The van der Waals surface area contributed by atoms with E-state index in [9.17, 15) is 13.2 Å². The Bertz CT molecular complexity index is 1150. The number of hydrogen-bond donors (Lipinski definition) is 1. The third-order valence-electron chi connectivity index (χ3n) is 5.54. The summed E-state index contributed by atoms with van der Waals surface area (Å²) in [5.41, 5.74) is 2.59. The normalized spacial score (nSPS) is 16.2. The Hall–Kier alpha value is -2.78. The van der Waals surface area contributed by atoms with Gasteiger partial charge in [0.05, 0.1) is 0 Å². The fourth-order valence-corrected chi connectivity index (χ4v) is 5.29. The van der Waals surface area contributed by atoms with Crippen LogP contribution in [0.15, 0.2) is 52.0 Å². The molecule has 0 bridgehead atoms. The van der Waals surface area contributed by atoms with Crippen molar-refractivity contribution >= 4 is 32.7 Å². The fourth-order valence-electron chi connectivity index (χ4n) is 3.68. The summed E-state index contributed by atoms with van der Waals surface area (Å²) in [7, 11) is -3.74. The number of rotatable bonds is 5. The number of sulfonamides is 1. The van der Waals surface area contributed by atoms with Crippen molar-refractivity contribution in [3.63, 3.8) is 0 Å². The summed E-state index contributed by atoms with van der Waals surface area (Å²) >= 11 is 0. The van der Waals surface area contributed by atoms with Gasteiger partial charge < -0.3 is 5.32 Å². The van der Waals surface area contributed by atoms with Crippen LogP contribution < -0.4 is 5.32 Å². The lowest BCUT2D eigenvalue weighted by Gasteiger charge is -2.30. The van der Waals surface area contributed by atoms with Crippen LogP contribution >= 0.6 is 0 Å². The number of amides is 1. The second kappa shape index (κ2) is 8.16. The SMILES string of the molecule is CC(C)c1ccc(NC(=O)C2CCN(S(=O)(=O)c3cccc4nonc34)CC2)cc1. The molecule has 0 unspecified atom stereocenters. The molecule has 1 fully saturated rings. The molecule has 1 aromatic heterocycles. The Morgan fingerprint density at radius 1 is 1.10 bits per heavy atom. The van der Waals surface area contributed by atoms with Gasteiger partial charge in [-0.15, -0.1) is 0 Å². The van der Waals surface area contributed by atoms with Crippen molar-refractivity contribution in [1.29, 1.82) is 0 Å². The van der Waals surface area contributed by atoms with Crippen molar-refractivity contribution in [2.75, 3.05) is 18.4 Å². The van der Waals surface area contributed by atoms with Gasteiger partial charge in [-0.25, -0.2) is 13.0 Å². The molecule has 0 aliphatic carbocycles. The molecule has 30 heavy (non-hydrogen) atoms. The Labute approximate surface area is 175 Å². The van der Waals surface area contributed by atoms with Gasteiger partial charge in [0.1, 0.15) is 10.4 Å². The van der Waals surface area contributed by atoms with E-state index in [0.29, 0.717) is 24.3 Å². The zero-order valence-corrected chi connectivity index (χ0v) is 17.7. The smallest absolute Gasteiger partial charge is 0.245 e. The number of hydrogen-bond acceptors (Lipinski definition) is 6. The fraction of sp³-hybridized carbons (Fsp3) is 0.381. The number of piperidine rings is 1. The highest BCUT2D eigenvalue weighted by Crippen LogP contribution is 2.28. The number of aromatic nitrogens is 2. The molecule has 1 amide bonds. The first kappa shape index (κ1) is 20.5.